The zero-order valence-corrected chi connectivity index (χ0v) is 15.0. The van der Waals surface area contributed by atoms with Crippen LogP contribution in [0.1, 0.15) is 17.3 Å². The third kappa shape index (κ3) is 3.74. The molecular weight excluding hydrogens is 344 g/mol. The number of rotatable bonds is 3. The van der Waals surface area contributed by atoms with Crippen molar-refractivity contribution in [2.75, 3.05) is 13.7 Å². The topological polar surface area (TPSA) is 41.9 Å². The van der Waals surface area contributed by atoms with Gasteiger partial charge in [-0.1, -0.05) is 36.4 Å². The summed E-state index contributed by atoms with van der Waals surface area (Å²) < 4.78 is 5.20. The molecule has 0 bridgehead atoms. The molecule has 124 valence electrons. The maximum absolute atomic E-state index is 12.9. The van der Waals surface area contributed by atoms with Crippen molar-refractivity contribution in [3.05, 3.63) is 59.1 Å². The van der Waals surface area contributed by atoms with E-state index in [0.29, 0.717) is 33.3 Å². The van der Waals surface area contributed by atoms with Crippen LogP contribution in [0.5, 0.6) is 5.75 Å². The summed E-state index contributed by atoms with van der Waals surface area (Å²) in [5.41, 5.74) is 1.37. The van der Waals surface area contributed by atoms with Gasteiger partial charge in [0.1, 0.15) is 5.75 Å². The molecule has 1 atom stereocenters. The van der Waals surface area contributed by atoms with Gasteiger partial charge in [-0.25, -0.2) is 4.99 Å². The molecule has 0 unspecified atom stereocenters. The lowest BCUT2D eigenvalue weighted by Gasteiger charge is -2.16. The van der Waals surface area contributed by atoms with Crippen LogP contribution in [-0.2, 0) is 0 Å². The lowest BCUT2D eigenvalue weighted by Crippen LogP contribution is -2.32. The zero-order valence-electron chi connectivity index (χ0n) is 13.4. The number of amides is 1. The van der Waals surface area contributed by atoms with Crippen molar-refractivity contribution in [1.82, 2.24) is 4.90 Å². The number of hydrogen-bond donors (Lipinski definition) is 0. The molecule has 0 radical (unpaired) electrons. The molecule has 1 aliphatic rings. The minimum atomic E-state index is -0.0709. The molecule has 3 rings (SSSR count). The molecule has 0 spiro atoms. The molecule has 1 fully saturated rings. The fourth-order valence-corrected chi connectivity index (χ4v) is 3.56. The summed E-state index contributed by atoms with van der Waals surface area (Å²) in [6, 6.07) is 14.4. The second-order valence-corrected chi connectivity index (χ2v) is 7.29. The number of nitrogens with zero attached hydrogens (tertiary/aromatic N) is 2. The Morgan fingerprint density at radius 2 is 2.04 bits per heavy atom. The van der Waals surface area contributed by atoms with Gasteiger partial charge in [-0.15, -0.1) is 0 Å². The number of thioether (sulfide) groups is 1. The Morgan fingerprint density at radius 1 is 1.29 bits per heavy atom. The predicted molar refractivity (Wildman–Crippen MR) is 99.6 cm³/mol. The standard InChI is InChI=1S/C18H17ClN2O2S/c1-12-11-21(17(22)13-4-3-5-16(10-13)23-2)18(24-12)20-15-8-6-14(19)7-9-15/h3-10,12H,11H2,1-2H3/t12-/m0/s1. The molecule has 1 heterocycles. The van der Waals surface area contributed by atoms with E-state index in [4.69, 9.17) is 16.3 Å². The van der Waals surface area contributed by atoms with Crippen molar-refractivity contribution < 1.29 is 9.53 Å². The first-order chi connectivity index (χ1) is 11.6. The van der Waals surface area contributed by atoms with E-state index in [1.54, 1.807) is 48.0 Å². The van der Waals surface area contributed by atoms with Gasteiger partial charge in [-0.2, -0.15) is 0 Å². The highest BCUT2D eigenvalue weighted by molar-refractivity contribution is 8.14. The van der Waals surface area contributed by atoms with Crippen LogP contribution >= 0.6 is 23.4 Å². The lowest BCUT2D eigenvalue weighted by molar-refractivity contribution is 0.0855. The van der Waals surface area contributed by atoms with Gasteiger partial charge in [0.25, 0.3) is 5.91 Å². The summed E-state index contributed by atoms with van der Waals surface area (Å²) in [5.74, 6) is 0.593. The summed E-state index contributed by atoms with van der Waals surface area (Å²) in [6.07, 6.45) is 0. The summed E-state index contributed by atoms with van der Waals surface area (Å²) in [6.45, 7) is 2.72. The summed E-state index contributed by atoms with van der Waals surface area (Å²) in [4.78, 5) is 19.2. The Bertz CT molecular complexity index is 777. The molecular formula is C18H17ClN2O2S. The Labute approximate surface area is 150 Å². The third-order valence-electron chi connectivity index (χ3n) is 3.59. The van der Waals surface area contributed by atoms with Crippen molar-refractivity contribution in [3.63, 3.8) is 0 Å². The average Bonchev–Trinajstić information content (AvgIpc) is 2.96. The summed E-state index contributed by atoms with van der Waals surface area (Å²) >= 11 is 7.51. The van der Waals surface area contributed by atoms with Crippen LogP contribution < -0.4 is 4.74 Å². The zero-order chi connectivity index (χ0) is 17.1. The van der Waals surface area contributed by atoms with E-state index in [2.05, 4.69) is 11.9 Å². The molecule has 1 saturated heterocycles. The molecule has 0 aliphatic carbocycles. The number of ether oxygens (including phenoxy) is 1. The summed E-state index contributed by atoms with van der Waals surface area (Å²) in [5, 5.41) is 1.67. The third-order valence-corrected chi connectivity index (χ3v) is 4.92. The number of aliphatic imine (C=N–C) groups is 1. The Morgan fingerprint density at radius 3 is 2.75 bits per heavy atom. The van der Waals surface area contributed by atoms with Crippen LogP contribution in [0.3, 0.4) is 0 Å². The molecule has 4 nitrogen and oxygen atoms in total. The summed E-state index contributed by atoms with van der Waals surface area (Å²) in [7, 11) is 1.59. The van der Waals surface area contributed by atoms with Crippen molar-refractivity contribution in [2.24, 2.45) is 4.99 Å². The molecule has 2 aromatic carbocycles. The van der Waals surface area contributed by atoms with Crippen LogP contribution in [0.4, 0.5) is 5.69 Å². The molecule has 0 saturated carbocycles. The van der Waals surface area contributed by atoms with Crippen LogP contribution in [0.25, 0.3) is 0 Å². The monoisotopic (exact) mass is 360 g/mol. The number of carbonyl (C=O) groups excluding carboxylic acids is 1. The number of hydrogen-bond acceptors (Lipinski definition) is 4. The Hall–Kier alpha value is -1.98. The van der Waals surface area contributed by atoms with E-state index in [1.165, 1.54) is 0 Å². The minimum absolute atomic E-state index is 0.0709. The second kappa shape index (κ2) is 7.28. The molecule has 1 aliphatic heterocycles. The van der Waals surface area contributed by atoms with Gasteiger partial charge in [-0.3, -0.25) is 9.69 Å². The van der Waals surface area contributed by atoms with Gasteiger partial charge in [0.2, 0.25) is 0 Å². The number of amidine groups is 1. The van der Waals surface area contributed by atoms with Crippen molar-refractivity contribution >= 4 is 40.1 Å². The largest absolute Gasteiger partial charge is 0.497 e. The average molecular weight is 361 g/mol. The first kappa shape index (κ1) is 16.9. The number of halogens is 1. The molecule has 0 aromatic heterocycles. The van der Waals surface area contributed by atoms with E-state index >= 15 is 0 Å². The second-order valence-electron chi connectivity index (χ2n) is 5.45. The number of benzene rings is 2. The fraction of sp³-hybridized carbons (Fsp3) is 0.222. The molecule has 2 aromatic rings. The van der Waals surface area contributed by atoms with Gasteiger partial charge in [0.05, 0.1) is 12.8 Å². The van der Waals surface area contributed by atoms with E-state index in [9.17, 15) is 4.79 Å². The van der Waals surface area contributed by atoms with Crippen LogP contribution in [0.2, 0.25) is 5.02 Å². The Balaban J connectivity index is 1.89. The predicted octanol–water partition coefficient (Wildman–Crippen LogP) is 4.61. The molecule has 6 heteroatoms. The quantitative estimate of drug-likeness (QED) is 0.802. The molecule has 0 N–H and O–H groups in total. The van der Waals surface area contributed by atoms with E-state index in [0.717, 1.165) is 5.69 Å². The van der Waals surface area contributed by atoms with Crippen molar-refractivity contribution in [1.29, 1.82) is 0 Å². The van der Waals surface area contributed by atoms with Gasteiger partial charge in [0, 0.05) is 22.4 Å². The highest BCUT2D eigenvalue weighted by atomic mass is 35.5. The van der Waals surface area contributed by atoms with Crippen molar-refractivity contribution in [2.45, 2.75) is 12.2 Å². The first-order valence-corrected chi connectivity index (χ1v) is 8.79. The molecule has 24 heavy (non-hydrogen) atoms. The smallest absolute Gasteiger partial charge is 0.260 e. The van der Waals surface area contributed by atoms with Crippen LogP contribution in [-0.4, -0.2) is 34.9 Å². The van der Waals surface area contributed by atoms with E-state index in [1.807, 2.05) is 24.3 Å². The van der Waals surface area contributed by atoms with Gasteiger partial charge < -0.3 is 4.74 Å². The SMILES string of the molecule is COc1cccc(C(=O)N2C[C@H](C)SC2=Nc2ccc(Cl)cc2)c1. The number of carbonyl (C=O) groups is 1. The van der Waals surface area contributed by atoms with Gasteiger partial charge in [0.15, 0.2) is 5.17 Å². The normalized spacial score (nSPS) is 18.9. The van der Waals surface area contributed by atoms with Crippen LogP contribution in [0, 0.1) is 0 Å². The van der Waals surface area contributed by atoms with E-state index in [-0.39, 0.29) is 5.91 Å². The fourth-order valence-electron chi connectivity index (χ4n) is 2.41. The van der Waals surface area contributed by atoms with Crippen molar-refractivity contribution in [3.8, 4) is 5.75 Å². The number of methoxy groups -OCH3 is 1. The van der Waals surface area contributed by atoms with Crippen LogP contribution in [0.15, 0.2) is 53.5 Å². The lowest BCUT2D eigenvalue weighted by atomic mass is 10.2. The highest BCUT2D eigenvalue weighted by Crippen LogP contribution is 2.30. The maximum atomic E-state index is 12.9. The Kier molecular flexibility index (Phi) is 5.11. The first-order valence-electron chi connectivity index (χ1n) is 7.53. The minimum Gasteiger partial charge on any atom is -0.497 e. The maximum Gasteiger partial charge on any atom is 0.260 e. The van der Waals surface area contributed by atoms with Gasteiger partial charge >= 0.3 is 0 Å². The molecule has 1 amide bonds. The highest BCUT2D eigenvalue weighted by Gasteiger charge is 2.31. The van der Waals surface area contributed by atoms with E-state index < -0.39 is 0 Å². The van der Waals surface area contributed by atoms with Gasteiger partial charge in [-0.05, 0) is 42.5 Å².